The summed E-state index contributed by atoms with van der Waals surface area (Å²) in [5.41, 5.74) is 0. The molecule has 0 saturated carbocycles. The van der Waals surface area contributed by atoms with Crippen LogP contribution < -0.4 is 0 Å². The molecule has 0 unspecified atom stereocenters. The van der Waals surface area contributed by atoms with Gasteiger partial charge in [-0.05, 0) is 0 Å². The van der Waals surface area contributed by atoms with E-state index < -0.39 is 5.92 Å². The summed E-state index contributed by atoms with van der Waals surface area (Å²) < 4.78 is 4.29. The van der Waals surface area contributed by atoms with Crippen LogP contribution in [-0.2, 0) is 0 Å². The van der Waals surface area contributed by atoms with E-state index in [9.17, 15) is 0 Å². The van der Waals surface area contributed by atoms with E-state index in [1.54, 1.807) is 0 Å². The summed E-state index contributed by atoms with van der Waals surface area (Å²) in [6.07, 6.45) is 2.12. The molecule has 1 aromatic rings. The van der Waals surface area contributed by atoms with E-state index in [4.69, 9.17) is 10.2 Å². The average molecular weight is 143 g/mol. The lowest BCUT2D eigenvalue weighted by atomic mass is 10.2. The van der Waals surface area contributed by atoms with E-state index in [1.165, 1.54) is 0 Å². The van der Waals surface area contributed by atoms with Gasteiger partial charge in [0.2, 0.25) is 0 Å². The van der Waals surface area contributed by atoms with Gasteiger partial charge in [0.15, 0.2) is 5.82 Å². The molecule has 0 aliphatic heterocycles. The van der Waals surface area contributed by atoms with Crippen LogP contribution in [0.15, 0.2) is 4.52 Å². The van der Waals surface area contributed by atoms with Crippen LogP contribution in [0.25, 0.3) is 0 Å². The third-order valence-corrected chi connectivity index (χ3v) is 1.15. The first-order valence-electron chi connectivity index (χ1n) is 2.80. The van der Waals surface area contributed by atoms with Crippen LogP contribution in [0, 0.1) is 6.39 Å². The van der Waals surface area contributed by atoms with Crippen molar-refractivity contribution in [3.8, 4) is 0 Å². The largest absolute Gasteiger partial charge is 0.396 e. The highest BCUT2D eigenvalue weighted by Gasteiger charge is 2.13. The molecule has 10 heavy (non-hydrogen) atoms. The highest BCUT2D eigenvalue weighted by molar-refractivity contribution is 4.90. The molecule has 0 amide bonds. The Morgan fingerprint density at radius 3 is 2.60 bits per heavy atom. The van der Waals surface area contributed by atoms with Gasteiger partial charge in [0.25, 0.3) is 0 Å². The Bertz CT molecular complexity index is 171. The van der Waals surface area contributed by atoms with Crippen LogP contribution in [0.1, 0.15) is 11.7 Å². The zero-order valence-electron chi connectivity index (χ0n) is 5.19. The molecule has 0 atom stereocenters. The summed E-state index contributed by atoms with van der Waals surface area (Å²) in [4.78, 5) is 3.54. The molecule has 0 bridgehead atoms. The summed E-state index contributed by atoms with van der Waals surface area (Å²) in [7, 11) is 0. The molecule has 0 aliphatic carbocycles. The van der Waals surface area contributed by atoms with E-state index >= 15 is 0 Å². The van der Waals surface area contributed by atoms with Crippen LogP contribution >= 0.6 is 0 Å². The van der Waals surface area contributed by atoms with Gasteiger partial charge in [0, 0.05) is 0 Å². The van der Waals surface area contributed by atoms with Gasteiger partial charge in [0.1, 0.15) is 0 Å². The summed E-state index contributed by atoms with van der Waals surface area (Å²) in [6.45, 7) is -0.381. The summed E-state index contributed by atoms with van der Waals surface area (Å²) in [5.74, 6) is -0.167. The van der Waals surface area contributed by atoms with Crippen molar-refractivity contribution in [3.63, 3.8) is 0 Å². The Hall–Kier alpha value is -0.940. The lowest BCUT2D eigenvalue weighted by Gasteiger charge is -2.02. The molecule has 2 N–H and O–H groups in total. The van der Waals surface area contributed by atoms with Crippen LogP contribution in [0.5, 0.6) is 0 Å². The molecule has 55 valence electrons. The van der Waals surface area contributed by atoms with Crippen molar-refractivity contribution < 1.29 is 14.7 Å². The van der Waals surface area contributed by atoms with E-state index in [2.05, 4.69) is 21.1 Å². The summed E-state index contributed by atoms with van der Waals surface area (Å²) in [5, 5.41) is 20.6. The highest BCUT2D eigenvalue weighted by Crippen LogP contribution is 2.06. The van der Waals surface area contributed by atoms with Gasteiger partial charge >= 0.3 is 6.39 Å². The van der Waals surface area contributed by atoms with Gasteiger partial charge in [-0.1, -0.05) is 5.16 Å². The van der Waals surface area contributed by atoms with Crippen molar-refractivity contribution in [1.29, 1.82) is 0 Å². The fourth-order valence-electron chi connectivity index (χ4n) is 0.542. The van der Waals surface area contributed by atoms with Crippen molar-refractivity contribution in [2.75, 3.05) is 13.2 Å². The lowest BCUT2D eigenvalue weighted by molar-refractivity contribution is 0.185. The topological polar surface area (TPSA) is 79.4 Å². The second kappa shape index (κ2) is 3.28. The number of aliphatic hydroxyl groups is 2. The Labute approximate surface area is 57.3 Å². The molecule has 0 saturated heterocycles. The number of hydrogen-bond acceptors (Lipinski definition) is 5. The normalized spacial score (nSPS) is 10.7. The minimum atomic E-state index is -0.449. The molecular formula is C5H7N2O3. The first-order valence-corrected chi connectivity index (χ1v) is 2.80. The first kappa shape index (κ1) is 7.17. The lowest BCUT2D eigenvalue weighted by Crippen LogP contribution is -2.10. The SMILES string of the molecule is OCC(CO)c1n[c]on1. The zero-order chi connectivity index (χ0) is 7.40. The van der Waals surface area contributed by atoms with Crippen molar-refractivity contribution >= 4 is 0 Å². The van der Waals surface area contributed by atoms with Gasteiger partial charge in [-0.2, -0.15) is 4.98 Å². The molecule has 1 radical (unpaired) electrons. The molecule has 0 aliphatic rings. The van der Waals surface area contributed by atoms with Crippen LogP contribution in [-0.4, -0.2) is 33.6 Å². The first-order chi connectivity index (χ1) is 4.88. The molecule has 1 rings (SSSR count). The van der Waals surface area contributed by atoms with Crippen LogP contribution in [0.2, 0.25) is 0 Å². The molecule has 5 nitrogen and oxygen atoms in total. The maximum Gasteiger partial charge on any atom is 0.316 e. The van der Waals surface area contributed by atoms with Gasteiger partial charge in [-0.3, -0.25) is 0 Å². The number of aliphatic hydroxyl groups excluding tert-OH is 2. The highest BCUT2D eigenvalue weighted by atomic mass is 16.5. The maximum atomic E-state index is 8.60. The third-order valence-electron chi connectivity index (χ3n) is 1.15. The van der Waals surface area contributed by atoms with E-state index in [0.717, 1.165) is 0 Å². The second-order valence-corrected chi connectivity index (χ2v) is 1.81. The van der Waals surface area contributed by atoms with Crippen molar-refractivity contribution in [2.45, 2.75) is 5.92 Å². The Balaban J connectivity index is 2.64. The molecule has 0 aromatic carbocycles. The predicted molar refractivity (Wildman–Crippen MR) is 30.0 cm³/mol. The summed E-state index contributed by atoms with van der Waals surface area (Å²) >= 11 is 0. The van der Waals surface area contributed by atoms with Gasteiger partial charge in [-0.25, -0.2) is 0 Å². The van der Waals surface area contributed by atoms with Gasteiger partial charge < -0.3 is 14.7 Å². The number of hydrogen-bond donors (Lipinski definition) is 2. The fourth-order valence-corrected chi connectivity index (χ4v) is 0.542. The average Bonchev–Trinajstić information content (AvgIpc) is 2.43. The quantitative estimate of drug-likeness (QED) is 0.563. The second-order valence-electron chi connectivity index (χ2n) is 1.81. The van der Waals surface area contributed by atoms with Gasteiger partial charge in [0.05, 0.1) is 19.1 Å². The van der Waals surface area contributed by atoms with E-state index in [-0.39, 0.29) is 19.0 Å². The van der Waals surface area contributed by atoms with Gasteiger partial charge in [-0.15, -0.1) is 0 Å². The molecule has 0 spiro atoms. The molecule has 5 heteroatoms. The standard InChI is InChI=1S/C5H7N2O3/c8-1-4(2-9)5-6-3-10-7-5/h4,8-9H,1-2H2. The minimum absolute atomic E-state index is 0.191. The van der Waals surface area contributed by atoms with Crippen molar-refractivity contribution in [1.82, 2.24) is 10.1 Å². The molecule has 0 fully saturated rings. The maximum absolute atomic E-state index is 8.60. The zero-order valence-corrected chi connectivity index (χ0v) is 5.19. The summed E-state index contributed by atoms with van der Waals surface area (Å²) in [6, 6.07) is 0. The van der Waals surface area contributed by atoms with Crippen molar-refractivity contribution in [2.24, 2.45) is 0 Å². The monoisotopic (exact) mass is 143 g/mol. The Morgan fingerprint density at radius 2 is 2.20 bits per heavy atom. The number of nitrogens with zero attached hydrogens (tertiary/aromatic N) is 2. The number of aromatic nitrogens is 2. The van der Waals surface area contributed by atoms with Crippen molar-refractivity contribution in [3.05, 3.63) is 12.2 Å². The molecule has 1 heterocycles. The van der Waals surface area contributed by atoms with Crippen LogP contribution in [0.4, 0.5) is 0 Å². The Morgan fingerprint density at radius 1 is 1.50 bits per heavy atom. The molecule has 1 aromatic heterocycles. The smallest absolute Gasteiger partial charge is 0.316 e. The fraction of sp³-hybridized carbons (Fsp3) is 0.600. The predicted octanol–water partition coefficient (Wildman–Crippen LogP) is -1.06. The Kier molecular flexibility index (Phi) is 2.35. The van der Waals surface area contributed by atoms with Crippen LogP contribution in [0.3, 0.4) is 0 Å². The minimum Gasteiger partial charge on any atom is -0.396 e. The number of rotatable bonds is 3. The molecular weight excluding hydrogens is 136 g/mol. The third kappa shape index (κ3) is 1.31. The van der Waals surface area contributed by atoms with E-state index in [1.807, 2.05) is 0 Å². The van der Waals surface area contributed by atoms with E-state index in [0.29, 0.717) is 0 Å².